The molecule has 0 heterocycles. The van der Waals surface area contributed by atoms with E-state index in [2.05, 4.69) is 10.9 Å². The van der Waals surface area contributed by atoms with Crippen molar-refractivity contribution in [3.8, 4) is 0 Å². The van der Waals surface area contributed by atoms with E-state index >= 15 is 0 Å². The fourth-order valence-corrected chi connectivity index (χ4v) is 0.875. The van der Waals surface area contributed by atoms with Gasteiger partial charge in [-0.05, 0) is 12.5 Å². The predicted octanol–water partition coefficient (Wildman–Crippen LogP) is 0.627. The number of oxime groups is 1. The lowest BCUT2D eigenvalue weighted by molar-refractivity contribution is -0.431. The Morgan fingerprint density at radius 3 is 2.67 bits per heavy atom. The Hall–Kier alpha value is -1.35. The van der Waals surface area contributed by atoms with Crippen LogP contribution in [-0.4, -0.2) is 12.4 Å². The second-order valence-corrected chi connectivity index (χ2v) is 2.38. The van der Waals surface area contributed by atoms with Crippen molar-refractivity contribution in [2.24, 2.45) is 5.16 Å². The van der Waals surface area contributed by atoms with Gasteiger partial charge in [-0.2, -0.15) is 0 Å². The Morgan fingerprint density at radius 1 is 1.42 bits per heavy atom. The first kappa shape index (κ1) is 8.74. The van der Waals surface area contributed by atoms with Crippen molar-refractivity contribution in [2.75, 3.05) is 6.73 Å². The van der Waals surface area contributed by atoms with Crippen molar-refractivity contribution < 1.29 is 10.6 Å². The van der Waals surface area contributed by atoms with Gasteiger partial charge in [0, 0.05) is 0 Å². The van der Waals surface area contributed by atoms with E-state index in [4.69, 9.17) is 4.84 Å². The van der Waals surface area contributed by atoms with Crippen molar-refractivity contribution in [3.63, 3.8) is 0 Å². The van der Waals surface area contributed by atoms with Crippen LogP contribution in [0.5, 0.6) is 0 Å². The molecule has 0 unspecified atom stereocenters. The van der Waals surface area contributed by atoms with Gasteiger partial charge in [0.15, 0.2) is 0 Å². The van der Waals surface area contributed by atoms with Gasteiger partial charge in [-0.3, -0.25) is 0 Å². The van der Waals surface area contributed by atoms with Gasteiger partial charge >= 0.3 is 0 Å². The van der Waals surface area contributed by atoms with Crippen molar-refractivity contribution >= 4 is 5.71 Å². The predicted molar refractivity (Wildman–Crippen MR) is 47.5 cm³/mol. The highest BCUT2D eigenvalue weighted by atomic mass is 16.6. The summed E-state index contributed by atoms with van der Waals surface area (Å²) in [5.41, 5.74) is 5.47. The highest BCUT2D eigenvalue weighted by molar-refractivity contribution is 5.98. The van der Waals surface area contributed by atoms with Crippen LogP contribution >= 0.6 is 0 Å². The summed E-state index contributed by atoms with van der Waals surface area (Å²) in [6.07, 6.45) is 0. The van der Waals surface area contributed by atoms with Crippen LogP contribution < -0.4 is 5.73 Å². The zero-order valence-electron chi connectivity index (χ0n) is 7.16. The molecule has 0 aliphatic rings. The minimum Gasteiger partial charge on any atom is -0.340 e. The van der Waals surface area contributed by atoms with Gasteiger partial charge in [0.2, 0.25) is 6.73 Å². The molecular weight excluding hydrogens is 152 g/mol. The van der Waals surface area contributed by atoms with E-state index in [-0.39, 0.29) is 0 Å². The second kappa shape index (κ2) is 4.51. The van der Waals surface area contributed by atoms with E-state index in [0.29, 0.717) is 6.73 Å². The molecule has 3 nitrogen and oxygen atoms in total. The van der Waals surface area contributed by atoms with Crippen LogP contribution in [0.3, 0.4) is 0 Å². The molecular formula is C9H13N2O+. The third kappa shape index (κ3) is 2.36. The summed E-state index contributed by atoms with van der Waals surface area (Å²) in [5, 5.41) is 3.87. The highest BCUT2D eigenvalue weighted by Gasteiger charge is 1.94. The first-order valence-corrected chi connectivity index (χ1v) is 3.86. The molecule has 0 aliphatic heterocycles. The summed E-state index contributed by atoms with van der Waals surface area (Å²) in [5.74, 6) is 0. The molecule has 0 aliphatic carbocycles. The van der Waals surface area contributed by atoms with Crippen LogP contribution in [0.25, 0.3) is 0 Å². The average Bonchev–Trinajstić information content (AvgIpc) is 2.15. The van der Waals surface area contributed by atoms with E-state index in [1.165, 1.54) is 0 Å². The molecule has 0 atom stereocenters. The first-order valence-electron chi connectivity index (χ1n) is 3.86. The quantitative estimate of drug-likeness (QED) is 0.398. The molecule has 0 amide bonds. The topological polar surface area (TPSA) is 49.2 Å². The van der Waals surface area contributed by atoms with Gasteiger partial charge in [0.05, 0.1) is 5.71 Å². The van der Waals surface area contributed by atoms with Gasteiger partial charge in [0.1, 0.15) is 0 Å². The third-order valence-electron chi connectivity index (χ3n) is 1.48. The Bertz CT molecular complexity index is 256. The summed E-state index contributed by atoms with van der Waals surface area (Å²) in [6.45, 7) is 2.27. The van der Waals surface area contributed by atoms with Crippen LogP contribution in [0.15, 0.2) is 35.5 Å². The second-order valence-electron chi connectivity index (χ2n) is 2.38. The van der Waals surface area contributed by atoms with Gasteiger partial charge in [-0.25, -0.2) is 0 Å². The molecule has 0 saturated carbocycles. The Kier molecular flexibility index (Phi) is 3.29. The maximum absolute atomic E-state index is 4.83. The zero-order chi connectivity index (χ0) is 8.81. The zero-order valence-corrected chi connectivity index (χ0v) is 7.16. The highest BCUT2D eigenvalue weighted by Crippen LogP contribution is 2.00. The standard InChI is InChI=1S/C9H12N2O/c1-8(11-12-7-10)9-5-3-2-4-6-9/h2-6H,7,10H2,1H3/p+1. The van der Waals surface area contributed by atoms with Crippen LogP contribution in [0, 0.1) is 0 Å². The van der Waals surface area contributed by atoms with Crippen molar-refractivity contribution in [3.05, 3.63) is 35.9 Å². The smallest absolute Gasteiger partial charge is 0.243 e. The van der Waals surface area contributed by atoms with Crippen LogP contribution in [0.4, 0.5) is 0 Å². The molecule has 0 spiro atoms. The third-order valence-corrected chi connectivity index (χ3v) is 1.48. The number of hydrogen-bond acceptors (Lipinski definition) is 2. The molecule has 1 aromatic carbocycles. The fourth-order valence-electron chi connectivity index (χ4n) is 0.875. The van der Waals surface area contributed by atoms with E-state index in [0.717, 1.165) is 11.3 Å². The molecule has 0 radical (unpaired) electrons. The van der Waals surface area contributed by atoms with E-state index in [1.54, 1.807) is 0 Å². The summed E-state index contributed by atoms with van der Waals surface area (Å²) >= 11 is 0. The Morgan fingerprint density at radius 2 is 2.08 bits per heavy atom. The summed E-state index contributed by atoms with van der Waals surface area (Å²) < 4.78 is 0. The van der Waals surface area contributed by atoms with Crippen LogP contribution in [0.2, 0.25) is 0 Å². The van der Waals surface area contributed by atoms with E-state index in [1.807, 2.05) is 37.3 Å². The van der Waals surface area contributed by atoms with Gasteiger partial charge in [-0.15, -0.1) is 0 Å². The number of benzene rings is 1. The fraction of sp³-hybridized carbons (Fsp3) is 0.222. The Labute approximate surface area is 71.8 Å². The minimum absolute atomic E-state index is 0.365. The van der Waals surface area contributed by atoms with Crippen LogP contribution in [0.1, 0.15) is 12.5 Å². The van der Waals surface area contributed by atoms with Crippen LogP contribution in [-0.2, 0) is 4.84 Å². The maximum atomic E-state index is 4.83. The molecule has 0 fully saturated rings. The lowest BCUT2D eigenvalue weighted by atomic mass is 10.1. The van der Waals surface area contributed by atoms with Gasteiger partial charge in [-0.1, -0.05) is 35.5 Å². The molecule has 0 saturated heterocycles. The molecule has 3 N–H and O–H groups in total. The maximum Gasteiger partial charge on any atom is 0.243 e. The first-order chi connectivity index (χ1) is 5.84. The van der Waals surface area contributed by atoms with Gasteiger partial charge in [0.25, 0.3) is 0 Å². The molecule has 64 valence electrons. The monoisotopic (exact) mass is 165 g/mol. The largest absolute Gasteiger partial charge is 0.340 e. The van der Waals surface area contributed by atoms with Crippen molar-refractivity contribution in [2.45, 2.75) is 6.92 Å². The lowest BCUT2D eigenvalue weighted by Gasteiger charge is -1.97. The summed E-state index contributed by atoms with van der Waals surface area (Å²) in [6, 6.07) is 9.90. The number of quaternary nitrogens is 1. The summed E-state index contributed by atoms with van der Waals surface area (Å²) in [7, 11) is 0. The molecule has 0 aromatic heterocycles. The van der Waals surface area contributed by atoms with Gasteiger partial charge < -0.3 is 10.6 Å². The normalized spacial score (nSPS) is 11.3. The number of hydrogen-bond donors (Lipinski definition) is 1. The molecule has 1 aromatic rings. The van der Waals surface area contributed by atoms with E-state index in [9.17, 15) is 0 Å². The molecule has 3 heteroatoms. The summed E-state index contributed by atoms with van der Waals surface area (Å²) in [4.78, 5) is 4.83. The SMILES string of the molecule is CC(=NOC[NH3+])c1ccccc1. The number of rotatable bonds is 3. The minimum atomic E-state index is 0.365. The lowest BCUT2D eigenvalue weighted by Crippen LogP contribution is -2.50. The average molecular weight is 165 g/mol. The number of nitrogens with zero attached hydrogens (tertiary/aromatic N) is 1. The molecule has 1 rings (SSSR count). The van der Waals surface area contributed by atoms with Crippen molar-refractivity contribution in [1.29, 1.82) is 0 Å². The Balaban J connectivity index is 2.71. The van der Waals surface area contributed by atoms with Crippen molar-refractivity contribution in [1.82, 2.24) is 0 Å². The molecule has 0 bridgehead atoms. The molecule has 12 heavy (non-hydrogen) atoms. The van der Waals surface area contributed by atoms with E-state index < -0.39 is 0 Å².